The van der Waals surface area contributed by atoms with Gasteiger partial charge in [-0.25, -0.2) is 10.9 Å². The van der Waals surface area contributed by atoms with Gasteiger partial charge in [0.2, 0.25) is 0 Å². The predicted molar refractivity (Wildman–Crippen MR) is 30.3 cm³/mol. The lowest BCUT2D eigenvalue weighted by Gasteiger charge is -2.05. The molecule has 52 valence electrons. The Labute approximate surface area is 52.4 Å². The molecule has 0 aromatic rings. The van der Waals surface area contributed by atoms with Gasteiger partial charge < -0.3 is 5.11 Å². The maximum absolute atomic E-state index is 10.3. The highest BCUT2D eigenvalue weighted by molar-refractivity contribution is 5.74. The molecule has 1 aliphatic heterocycles. The second-order valence-electron chi connectivity index (χ2n) is 2.02. The maximum atomic E-state index is 10.3. The average molecular weight is 131 g/mol. The second-order valence-corrected chi connectivity index (χ2v) is 2.02. The standard InChI is InChI=1S/C4H9N3O2/c1-2-3(4(8)9)6-7-5-2/h2-3,5-7H,1H3,(H,8,9). The first kappa shape index (κ1) is 6.47. The SMILES string of the molecule is CC1NNNC1C(=O)O. The van der Waals surface area contributed by atoms with Gasteiger partial charge in [-0.1, -0.05) is 0 Å². The lowest BCUT2D eigenvalue weighted by atomic mass is 10.2. The van der Waals surface area contributed by atoms with Gasteiger partial charge in [-0.2, -0.15) is 5.53 Å². The van der Waals surface area contributed by atoms with Gasteiger partial charge in [0.15, 0.2) is 0 Å². The van der Waals surface area contributed by atoms with Gasteiger partial charge >= 0.3 is 5.97 Å². The van der Waals surface area contributed by atoms with Crippen molar-refractivity contribution in [2.24, 2.45) is 0 Å². The Hall–Kier alpha value is -0.650. The number of carboxylic acid groups (broad SMARTS) is 1. The first-order chi connectivity index (χ1) is 4.22. The predicted octanol–water partition coefficient (Wildman–Crippen LogP) is -1.56. The molecule has 1 heterocycles. The first-order valence-electron chi connectivity index (χ1n) is 2.70. The largest absolute Gasteiger partial charge is 0.480 e. The molecule has 0 aromatic heterocycles. The second kappa shape index (κ2) is 2.30. The average Bonchev–Trinajstić information content (AvgIpc) is 2.13. The van der Waals surface area contributed by atoms with Crippen molar-refractivity contribution in [2.75, 3.05) is 0 Å². The molecule has 1 saturated heterocycles. The Morgan fingerprint density at radius 3 is 2.44 bits per heavy atom. The Bertz CT molecular complexity index is 127. The van der Waals surface area contributed by atoms with Crippen molar-refractivity contribution in [1.29, 1.82) is 0 Å². The molecule has 2 unspecified atom stereocenters. The molecule has 0 spiro atoms. The Morgan fingerprint density at radius 1 is 1.56 bits per heavy atom. The summed E-state index contributed by atoms with van der Waals surface area (Å²) in [5, 5.41) is 8.44. The summed E-state index contributed by atoms with van der Waals surface area (Å²) in [6.07, 6.45) is 0. The van der Waals surface area contributed by atoms with Gasteiger partial charge in [0.05, 0.1) is 0 Å². The Kier molecular flexibility index (Phi) is 1.65. The van der Waals surface area contributed by atoms with E-state index in [4.69, 9.17) is 5.11 Å². The fourth-order valence-electron chi connectivity index (χ4n) is 0.717. The molecule has 0 amide bonds. The van der Waals surface area contributed by atoms with Crippen LogP contribution in [0.25, 0.3) is 0 Å². The van der Waals surface area contributed by atoms with Crippen LogP contribution in [-0.2, 0) is 4.79 Å². The van der Waals surface area contributed by atoms with Crippen LogP contribution in [0.3, 0.4) is 0 Å². The van der Waals surface area contributed by atoms with Crippen LogP contribution in [-0.4, -0.2) is 23.2 Å². The quantitative estimate of drug-likeness (QED) is 0.346. The van der Waals surface area contributed by atoms with Gasteiger partial charge in [0.25, 0.3) is 0 Å². The third-order valence-electron chi connectivity index (χ3n) is 1.29. The molecular formula is C4H9N3O2. The number of carboxylic acids is 1. The maximum Gasteiger partial charge on any atom is 0.323 e. The van der Waals surface area contributed by atoms with Gasteiger partial charge in [-0.15, -0.1) is 0 Å². The van der Waals surface area contributed by atoms with Crippen LogP contribution in [0, 0.1) is 0 Å². The van der Waals surface area contributed by atoms with Gasteiger partial charge in [-0.3, -0.25) is 4.79 Å². The van der Waals surface area contributed by atoms with E-state index in [9.17, 15) is 4.79 Å². The van der Waals surface area contributed by atoms with Crippen molar-refractivity contribution in [3.05, 3.63) is 0 Å². The summed E-state index contributed by atoms with van der Waals surface area (Å²) in [6, 6.07) is -0.590. The summed E-state index contributed by atoms with van der Waals surface area (Å²) in [5.41, 5.74) is 7.78. The van der Waals surface area contributed by atoms with E-state index >= 15 is 0 Å². The third kappa shape index (κ3) is 1.18. The molecule has 0 aliphatic carbocycles. The van der Waals surface area contributed by atoms with E-state index in [0.717, 1.165) is 0 Å². The van der Waals surface area contributed by atoms with Crippen LogP contribution in [0.1, 0.15) is 6.92 Å². The van der Waals surface area contributed by atoms with Gasteiger partial charge in [-0.05, 0) is 6.92 Å². The minimum absolute atomic E-state index is 0.0671. The summed E-state index contributed by atoms with van der Waals surface area (Å²) in [5.74, 6) is -0.847. The van der Waals surface area contributed by atoms with Crippen LogP contribution >= 0.6 is 0 Å². The zero-order chi connectivity index (χ0) is 6.85. The molecule has 9 heavy (non-hydrogen) atoms. The van der Waals surface area contributed by atoms with E-state index in [-0.39, 0.29) is 6.04 Å². The van der Waals surface area contributed by atoms with E-state index < -0.39 is 12.0 Å². The Morgan fingerprint density at radius 2 is 2.22 bits per heavy atom. The van der Waals surface area contributed by atoms with E-state index in [0.29, 0.717) is 0 Å². The molecule has 1 rings (SSSR count). The zero-order valence-electron chi connectivity index (χ0n) is 5.01. The van der Waals surface area contributed by atoms with Crippen molar-refractivity contribution < 1.29 is 9.90 Å². The van der Waals surface area contributed by atoms with Crippen molar-refractivity contribution in [3.63, 3.8) is 0 Å². The summed E-state index contributed by atoms with van der Waals surface area (Å²) < 4.78 is 0. The van der Waals surface area contributed by atoms with Gasteiger partial charge in [0.1, 0.15) is 6.04 Å². The fourth-order valence-corrected chi connectivity index (χ4v) is 0.717. The monoisotopic (exact) mass is 131 g/mol. The highest BCUT2D eigenvalue weighted by Crippen LogP contribution is 1.94. The van der Waals surface area contributed by atoms with E-state index in [1.807, 2.05) is 0 Å². The Balaban J connectivity index is 2.49. The molecule has 5 nitrogen and oxygen atoms in total. The van der Waals surface area contributed by atoms with Crippen molar-refractivity contribution in [2.45, 2.75) is 19.0 Å². The number of hydrazine groups is 2. The summed E-state index contributed by atoms with van der Waals surface area (Å²) in [7, 11) is 0. The molecule has 0 radical (unpaired) electrons. The van der Waals surface area contributed by atoms with Crippen molar-refractivity contribution in [3.8, 4) is 0 Å². The number of hydrogen-bond acceptors (Lipinski definition) is 4. The number of rotatable bonds is 1. The van der Waals surface area contributed by atoms with E-state index in [1.165, 1.54) is 0 Å². The smallest absolute Gasteiger partial charge is 0.323 e. The van der Waals surface area contributed by atoms with Crippen LogP contribution in [0.4, 0.5) is 0 Å². The number of aliphatic carboxylic acids is 1. The minimum Gasteiger partial charge on any atom is -0.480 e. The molecule has 2 atom stereocenters. The van der Waals surface area contributed by atoms with E-state index in [1.54, 1.807) is 6.92 Å². The highest BCUT2D eigenvalue weighted by atomic mass is 16.4. The molecule has 1 aliphatic rings. The van der Waals surface area contributed by atoms with Crippen LogP contribution in [0.2, 0.25) is 0 Å². The normalized spacial score (nSPS) is 34.8. The number of nitrogens with one attached hydrogen (secondary N) is 3. The molecule has 1 fully saturated rings. The minimum atomic E-state index is -0.847. The van der Waals surface area contributed by atoms with Crippen LogP contribution in [0.15, 0.2) is 0 Å². The van der Waals surface area contributed by atoms with Crippen molar-refractivity contribution >= 4 is 5.97 Å². The van der Waals surface area contributed by atoms with Crippen LogP contribution in [0.5, 0.6) is 0 Å². The molecule has 0 saturated carbocycles. The first-order valence-corrected chi connectivity index (χ1v) is 2.70. The lowest BCUT2D eigenvalue weighted by Crippen LogP contribution is -2.39. The molecular weight excluding hydrogens is 122 g/mol. The molecule has 0 aromatic carbocycles. The fraction of sp³-hybridized carbons (Fsp3) is 0.750. The van der Waals surface area contributed by atoms with Crippen LogP contribution < -0.4 is 16.4 Å². The summed E-state index contributed by atoms with van der Waals surface area (Å²) in [4.78, 5) is 10.3. The van der Waals surface area contributed by atoms with E-state index in [2.05, 4.69) is 16.4 Å². The highest BCUT2D eigenvalue weighted by Gasteiger charge is 2.28. The summed E-state index contributed by atoms with van der Waals surface area (Å²) in [6.45, 7) is 1.78. The van der Waals surface area contributed by atoms with Gasteiger partial charge in [0, 0.05) is 6.04 Å². The zero-order valence-corrected chi connectivity index (χ0v) is 5.01. The number of carbonyl (C=O) groups is 1. The molecule has 4 N–H and O–H groups in total. The third-order valence-corrected chi connectivity index (χ3v) is 1.29. The summed E-state index contributed by atoms with van der Waals surface area (Å²) >= 11 is 0. The molecule has 5 heteroatoms. The lowest BCUT2D eigenvalue weighted by molar-refractivity contribution is -0.139. The topological polar surface area (TPSA) is 73.4 Å². The van der Waals surface area contributed by atoms with Crippen molar-refractivity contribution in [1.82, 2.24) is 16.4 Å². The number of hydrogen-bond donors (Lipinski definition) is 4. The molecule has 0 bridgehead atoms.